The van der Waals surface area contributed by atoms with Crippen LogP contribution in [0.25, 0.3) is 11.4 Å². The van der Waals surface area contributed by atoms with E-state index in [2.05, 4.69) is 15.3 Å². The van der Waals surface area contributed by atoms with Crippen molar-refractivity contribution in [1.29, 1.82) is 0 Å². The quantitative estimate of drug-likeness (QED) is 0.855. The van der Waals surface area contributed by atoms with Gasteiger partial charge in [-0.15, -0.1) is 0 Å². The van der Waals surface area contributed by atoms with Gasteiger partial charge in [-0.2, -0.15) is 0 Å². The number of primary sulfonamides is 1. The van der Waals surface area contributed by atoms with Gasteiger partial charge in [0.1, 0.15) is 4.90 Å². The van der Waals surface area contributed by atoms with Crippen LogP contribution in [0.2, 0.25) is 0 Å². The van der Waals surface area contributed by atoms with Gasteiger partial charge in [-0.1, -0.05) is 0 Å². The Balaban J connectivity index is 2.61. The van der Waals surface area contributed by atoms with E-state index < -0.39 is 10.0 Å². The van der Waals surface area contributed by atoms with Gasteiger partial charge in [0.25, 0.3) is 0 Å². The van der Waals surface area contributed by atoms with E-state index in [-0.39, 0.29) is 4.90 Å². The summed E-state index contributed by atoms with van der Waals surface area (Å²) in [5.41, 5.74) is 1.04. The van der Waals surface area contributed by atoms with Crippen LogP contribution in [-0.2, 0) is 10.0 Å². The standard InChI is InChI=1S/C11H12N4O2S/c1-13-9-4-3-8(7-10(9)18(12,16)17)11-14-5-2-6-15-11/h2-7,13H,1H3,(H2,12,16,17). The Kier molecular flexibility index (Phi) is 3.26. The maximum atomic E-state index is 11.5. The minimum absolute atomic E-state index is 0.0231. The third-order valence-electron chi connectivity index (χ3n) is 2.38. The van der Waals surface area contributed by atoms with Crippen molar-refractivity contribution in [3.05, 3.63) is 36.7 Å². The van der Waals surface area contributed by atoms with Gasteiger partial charge >= 0.3 is 0 Å². The zero-order chi connectivity index (χ0) is 13.2. The van der Waals surface area contributed by atoms with Gasteiger partial charge in [0.05, 0.1) is 5.69 Å². The first-order valence-electron chi connectivity index (χ1n) is 5.14. The summed E-state index contributed by atoms with van der Waals surface area (Å²) in [6.07, 6.45) is 3.18. The van der Waals surface area contributed by atoms with E-state index in [1.54, 1.807) is 37.6 Å². The lowest BCUT2D eigenvalue weighted by Crippen LogP contribution is -2.14. The first-order valence-corrected chi connectivity index (χ1v) is 6.69. The lowest BCUT2D eigenvalue weighted by Gasteiger charge is -2.08. The zero-order valence-corrected chi connectivity index (χ0v) is 10.5. The molecule has 0 aliphatic heterocycles. The summed E-state index contributed by atoms with van der Waals surface area (Å²) >= 11 is 0. The molecule has 2 aromatic rings. The molecule has 0 aliphatic carbocycles. The van der Waals surface area contributed by atoms with Gasteiger partial charge in [0.2, 0.25) is 10.0 Å². The number of aromatic nitrogens is 2. The number of anilines is 1. The highest BCUT2D eigenvalue weighted by molar-refractivity contribution is 7.89. The normalized spacial score (nSPS) is 11.2. The number of sulfonamides is 1. The lowest BCUT2D eigenvalue weighted by atomic mass is 10.2. The number of benzene rings is 1. The highest BCUT2D eigenvalue weighted by Gasteiger charge is 2.15. The van der Waals surface area contributed by atoms with Crippen LogP contribution in [0.4, 0.5) is 5.69 Å². The first kappa shape index (κ1) is 12.5. The van der Waals surface area contributed by atoms with Crippen LogP contribution in [0.1, 0.15) is 0 Å². The number of nitrogens with one attached hydrogen (secondary N) is 1. The molecule has 0 fully saturated rings. The summed E-state index contributed by atoms with van der Waals surface area (Å²) < 4.78 is 23.0. The average molecular weight is 264 g/mol. The largest absolute Gasteiger partial charge is 0.387 e. The fourth-order valence-electron chi connectivity index (χ4n) is 1.55. The van der Waals surface area contributed by atoms with Crippen LogP contribution in [0, 0.1) is 0 Å². The van der Waals surface area contributed by atoms with Gasteiger partial charge in [0, 0.05) is 25.0 Å². The van der Waals surface area contributed by atoms with E-state index in [1.807, 2.05) is 0 Å². The molecule has 7 heteroatoms. The van der Waals surface area contributed by atoms with E-state index in [1.165, 1.54) is 6.07 Å². The van der Waals surface area contributed by atoms with E-state index in [4.69, 9.17) is 5.14 Å². The van der Waals surface area contributed by atoms with Crippen LogP contribution >= 0.6 is 0 Å². The summed E-state index contributed by atoms with van der Waals surface area (Å²) in [5.74, 6) is 0.449. The second-order valence-electron chi connectivity index (χ2n) is 3.58. The van der Waals surface area contributed by atoms with Crippen LogP contribution < -0.4 is 10.5 Å². The summed E-state index contributed by atoms with van der Waals surface area (Å²) in [6, 6.07) is 6.50. The molecule has 3 N–H and O–H groups in total. The molecule has 94 valence electrons. The fourth-order valence-corrected chi connectivity index (χ4v) is 2.32. The molecular formula is C11H12N4O2S. The van der Waals surface area contributed by atoms with E-state index in [9.17, 15) is 8.42 Å². The molecule has 0 atom stereocenters. The zero-order valence-electron chi connectivity index (χ0n) is 9.66. The third kappa shape index (κ3) is 2.47. The predicted octanol–water partition coefficient (Wildman–Crippen LogP) is 0.833. The van der Waals surface area contributed by atoms with Gasteiger partial charge < -0.3 is 5.32 Å². The number of nitrogens with two attached hydrogens (primary N) is 1. The van der Waals surface area contributed by atoms with E-state index in [0.29, 0.717) is 17.1 Å². The van der Waals surface area contributed by atoms with Crippen molar-refractivity contribution >= 4 is 15.7 Å². The Hall–Kier alpha value is -1.99. The molecular weight excluding hydrogens is 252 g/mol. The molecule has 0 radical (unpaired) electrons. The maximum Gasteiger partial charge on any atom is 0.240 e. The van der Waals surface area contributed by atoms with Crippen LogP contribution in [0.3, 0.4) is 0 Å². The number of hydrogen-bond donors (Lipinski definition) is 2. The molecule has 18 heavy (non-hydrogen) atoms. The molecule has 1 aromatic heterocycles. The molecule has 0 saturated carbocycles. The van der Waals surface area contributed by atoms with Gasteiger partial charge in [-0.3, -0.25) is 0 Å². The molecule has 1 aromatic carbocycles. The molecule has 0 amide bonds. The Labute approximate surface area is 105 Å². The number of nitrogens with zero attached hydrogens (tertiary/aromatic N) is 2. The topological polar surface area (TPSA) is 98.0 Å². The van der Waals surface area contributed by atoms with Gasteiger partial charge in [-0.25, -0.2) is 23.5 Å². The van der Waals surface area contributed by atoms with Crippen LogP contribution in [0.15, 0.2) is 41.6 Å². The second-order valence-corrected chi connectivity index (χ2v) is 5.11. The van der Waals surface area contributed by atoms with Gasteiger partial charge in [-0.05, 0) is 24.3 Å². The highest BCUT2D eigenvalue weighted by Crippen LogP contribution is 2.25. The van der Waals surface area contributed by atoms with Crippen molar-refractivity contribution < 1.29 is 8.42 Å². The Morgan fingerprint density at radius 1 is 1.22 bits per heavy atom. The number of hydrogen-bond acceptors (Lipinski definition) is 5. The van der Waals surface area contributed by atoms with Crippen LogP contribution in [-0.4, -0.2) is 25.4 Å². The first-order chi connectivity index (χ1) is 8.52. The van der Waals surface area contributed by atoms with E-state index >= 15 is 0 Å². The van der Waals surface area contributed by atoms with E-state index in [0.717, 1.165) is 0 Å². The minimum Gasteiger partial charge on any atom is -0.387 e. The van der Waals surface area contributed by atoms with Crippen molar-refractivity contribution in [1.82, 2.24) is 9.97 Å². The van der Waals surface area contributed by atoms with Crippen molar-refractivity contribution in [2.24, 2.45) is 5.14 Å². The van der Waals surface area contributed by atoms with Crippen molar-refractivity contribution in [2.75, 3.05) is 12.4 Å². The van der Waals surface area contributed by atoms with Gasteiger partial charge in [0.15, 0.2) is 5.82 Å². The summed E-state index contributed by atoms with van der Waals surface area (Å²) in [5, 5.41) is 7.95. The van der Waals surface area contributed by atoms with Crippen molar-refractivity contribution in [3.8, 4) is 11.4 Å². The number of rotatable bonds is 3. The molecule has 2 rings (SSSR count). The summed E-state index contributed by atoms with van der Waals surface area (Å²) in [7, 11) is -2.17. The maximum absolute atomic E-state index is 11.5. The fraction of sp³-hybridized carbons (Fsp3) is 0.0909. The molecule has 6 nitrogen and oxygen atoms in total. The summed E-state index contributed by atoms with van der Waals surface area (Å²) in [4.78, 5) is 8.14. The second kappa shape index (κ2) is 4.71. The molecule has 0 saturated heterocycles. The molecule has 0 bridgehead atoms. The Morgan fingerprint density at radius 3 is 2.44 bits per heavy atom. The average Bonchev–Trinajstić information content (AvgIpc) is 2.38. The highest BCUT2D eigenvalue weighted by atomic mass is 32.2. The van der Waals surface area contributed by atoms with Crippen molar-refractivity contribution in [3.63, 3.8) is 0 Å². The lowest BCUT2D eigenvalue weighted by molar-refractivity contribution is 0.598. The smallest absolute Gasteiger partial charge is 0.240 e. The Morgan fingerprint density at radius 2 is 1.89 bits per heavy atom. The monoisotopic (exact) mass is 264 g/mol. The Bertz CT molecular complexity index is 656. The third-order valence-corrected chi connectivity index (χ3v) is 3.33. The van der Waals surface area contributed by atoms with Crippen molar-refractivity contribution in [2.45, 2.75) is 4.90 Å². The molecule has 1 heterocycles. The molecule has 0 spiro atoms. The van der Waals surface area contributed by atoms with Crippen LogP contribution in [0.5, 0.6) is 0 Å². The molecule has 0 aliphatic rings. The molecule has 0 unspecified atom stereocenters. The SMILES string of the molecule is CNc1ccc(-c2ncccn2)cc1S(N)(=O)=O. The predicted molar refractivity (Wildman–Crippen MR) is 68.4 cm³/mol. The minimum atomic E-state index is -3.79. The summed E-state index contributed by atoms with van der Waals surface area (Å²) in [6.45, 7) is 0.